The number of hydrogen-bond donors (Lipinski definition) is 1. The van der Waals surface area contributed by atoms with Crippen LogP contribution in [0.25, 0.3) is 0 Å². The van der Waals surface area contributed by atoms with Crippen molar-refractivity contribution in [3.8, 4) is 0 Å². The first-order valence-electron chi connectivity index (χ1n) is 6.90. The molecule has 1 aromatic carbocycles. The third-order valence-electron chi connectivity index (χ3n) is 4.00. The largest absolute Gasteiger partial charge is 0.399 e. The van der Waals surface area contributed by atoms with Crippen LogP contribution in [0.2, 0.25) is 5.02 Å². The molecule has 0 bridgehead atoms. The molecular weight excluding hydrogens is 244 g/mol. The van der Waals surface area contributed by atoms with Gasteiger partial charge in [0.15, 0.2) is 0 Å². The minimum Gasteiger partial charge on any atom is -0.399 e. The maximum atomic E-state index is 6.46. The van der Waals surface area contributed by atoms with Gasteiger partial charge in [-0.15, -0.1) is 0 Å². The van der Waals surface area contributed by atoms with Gasteiger partial charge in [-0.25, -0.2) is 0 Å². The van der Waals surface area contributed by atoms with Crippen molar-refractivity contribution in [3.63, 3.8) is 0 Å². The van der Waals surface area contributed by atoms with E-state index in [1.165, 1.54) is 30.5 Å². The van der Waals surface area contributed by atoms with Crippen LogP contribution in [-0.4, -0.2) is 12.1 Å². The average Bonchev–Trinajstić information content (AvgIpc) is 2.30. The molecule has 18 heavy (non-hydrogen) atoms. The number of aryl methyl sites for hydroxylation is 1. The van der Waals surface area contributed by atoms with Crippen LogP contribution in [0.4, 0.5) is 11.4 Å². The molecular formula is C15H23ClN2. The van der Waals surface area contributed by atoms with Gasteiger partial charge in [0.25, 0.3) is 0 Å². The van der Waals surface area contributed by atoms with Gasteiger partial charge in [0.2, 0.25) is 0 Å². The molecule has 0 aliphatic carbocycles. The third-order valence-corrected chi connectivity index (χ3v) is 4.29. The second-order valence-corrected chi connectivity index (χ2v) is 5.81. The minimum absolute atomic E-state index is 0.556. The molecule has 0 saturated carbocycles. The van der Waals surface area contributed by atoms with Gasteiger partial charge >= 0.3 is 0 Å². The lowest BCUT2D eigenvalue weighted by molar-refractivity contribution is 0.413. The molecule has 1 aliphatic rings. The molecule has 2 atom stereocenters. The second-order valence-electron chi connectivity index (χ2n) is 5.40. The van der Waals surface area contributed by atoms with Gasteiger partial charge in [-0.05, 0) is 57.2 Å². The molecule has 100 valence electrons. The predicted molar refractivity (Wildman–Crippen MR) is 80.5 cm³/mol. The van der Waals surface area contributed by atoms with E-state index in [1.807, 2.05) is 6.07 Å². The van der Waals surface area contributed by atoms with Crippen molar-refractivity contribution < 1.29 is 0 Å². The summed E-state index contributed by atoms with van der Waals surface area (Å²) in [5, 5.41) is 0.799. The van der Waals surface area contributed by atoms with Crippen molar-refractivity contribution in [1.82, 2.24) is 0 Å². The van der Waals surface area contributed by atoms with Crippen molar-refractivity contribution in [3.05, 3.63) is 22.7 Å². The van der Waals surface area contributed by atoms with Crippen molar-refractivity contribution in [2.45, 2.75) is 58.5 Å². The minimum atomic E-state index is 0.556. The van der Waals surface area contributed by atoms with Crippen LogP contribution in [-0.2, 0) is 6.42 Å². The molecule has 2 rings (SSSR count). The Morgan fingerprint density at radius 3 is 2.44 bits per heavy atom. The van der Waals surface area contributed by atoms with Crippen molar-refractivity contribution in [1.29, 1.82) is 0 Å². The highest BCUT2D eigenvalue weighted by Crippen LogP contribution is 2.38. The summed E-state index contributed by atoms with van der Waals surface area (Å²) < 4.78 is 0. The lowest BCUT2D eigenvalue weighted by Gasteiger charge is -2.42. The quantitative estimate of drug-likeness (QED) is 0.811. The number of piperidine rings is 1. The summed E-state index contributed by atoms with van der Waals surface area (Å²) in [6.07, 6.45) is 4.77. The van der Waals surface area contributed by atoms with Gasteiger partial charge in [-0.2, -0.15) is 0 Å². The Hall–Kier alpha value is -0.890. The molecule has 0 aromatic heterocycles. The fourth-order valence-corrected chi connectivity index (χ4v) is 3.44. The van der Waals surface area contributed by atoms with E-state index in [2.05, 4.69) is 31.7 Å². The summed E-state index contributed by atoms with van der Waals surface area (Å²) >= 11 is 6.46. The monoisotopic (exact) mass is 266 g/mol. The Bertz CT molecular complexity index is 421. The zero-order valence-electron chi connectivity index (χ0n) is 11.5. The predicted octanol–water partition coefficient (Wildman–Crippen LogP) is 4.25. The van der Waals surface area contributed by atoms with Crippen LogP contribution in [0.15, 0.2) is 12.1 Å². The molecule has 1 aromatic rings. The second kappa shape index (κ2) is 5.40. The first kappa shape index (κ1) is 13.5. The number of rotatable bonds is 2. The summed E-state index contributed by atoms with van der Waals surface area (Å²) in [5.41, 5.74) is 9.13. The first-order valence-corrected chi connectivity index (χ1v) is 7.28. The summed E-state index contributed by atoms with van der Waals surface area (Å²) in [4.78, 5) is 2.49. The van der Waals surface area contributed by atoms with Gasteiger partial charge in [0.05, 0.1) is 10.7 Å². The van der Waals surface area contributed by atoms with E-state index in [9.17, 15) is 0 Å². The molecule has 1 fully saturated rings. The van der Waals surface area contributed by atoms with E-state index >= 15 is 0 Å². The highest BCUT2D eigenvalue weighted by Gasteiger charge is 2.28. The topological polar surface area (TPSA) is 29.3 Å². The van der Waals surface area contributed by atoms with Gasteiger partial charge in [-0.3, -0.25) is 0 Å². The van der Waals surface area contributed by atoms with E-state index in [-0.39, 0.29) is 0 Å². The smallest absolute Gasteiger partial charge is 0.0663 e. The van der Waals surface area contributed by atoms with Crippen LogP contribution < -0.4 is 10.6 Å². The third kappa shape index (κ3) is 2.44. The van der Waals surface area contributed by atoms with Crippen LogP contribution in [0.3, 0.4) is 0 Å². The summed E-state index contributed by atoms with van der Waals surface area (Å²) in [6.45, 7) is 6.75. The summed E-state index contributed by atoms with van der Waals surface area (Å²) in [6, 6.07) is 5.06. The number of nitrogen functional groups attached to an aromatic ring is 1. The number of nitrogens with zero attached hydrogens (tertiary/aromatic N) is 1. The van der Waals surface area contributed by atoms with Gasteiger partial charge in [0.1, 0.15) is 0 Å². The molecule has 1 saturated heterocycles. The molecule has 0 radical (unpaired) electrons. The fraction of sp³-hybridized carbons (Fsp3) is 0.600. The van der Waals surface area contributed by atoms with E-state index in [0.29, 0.717) is 12.1 Å². The molecule has 1 heterocycles. The highest BCUT2D eigenvalue weighted by atomic mass is 35.5. The Labute approximate surface area is 115 Å². The van der Waals surface area contributed by atoms with Crippen LogP contribution in [0.5, 0.6) is 0 Å². The van der Waals surface area contributed by atoms with E-state index in [4.69, 9.17) is 17.3 Å². The lowest BCUT2D eigenvalue weighted by Crippen LogP contribution is -2.44. The fourth-order valence-electron chi connectivity index (χ4n) is 3.10. The van der Waals surface area contributed by atoms with E-state index in [1.54, 1.807) is 0 Å². The summed E-state index contributed by atoms with van der Waals surface area (Å²) in [5.74, 6) is 0. The number of nitrogens with two attached hydrogens (primary N) is 1. The highest BCUT2D eigenvalue weighted by molar-refractivity contribution is 6.33. The Morgan fingerprint density at radius 1 is 1.28 bits per heavy atom. The van der Waals surface area contributed by atoms with Crippen LogP contribution >= 0.6 is 11.6 Å². The van der Waals surface area contributed by atoms with E-state index < -0.39 is 0 Å². The molecule has 2 N–H and O–H groups in total. The van der Waals surface area contributed by atoms with Crippen molar-refractivity contribution in [2.24, 2.45) is 0 Å². The van der Waals surface area contributed by atoms with Crippen LogP contribution in [0.1, 0.15) is 45.6 Å². The Balaban J connectivity index is 2.48. The Kier molecular flexibility index (Phi) is 4.06. The normalized spacial score (nSPS) is 24.3. The van der Waals surface area contributed by atoms with Crippen molar-refractivity contribution >= 4 is 23.0 Å². The maximum absolute atomic E-state index is 6.46. The summed E-state index contributed by atoms with van der Waals surface area (Å²) in [7, 11) is 0. The zero-order chi connectivity index (χ0) is 13.3. The number of benzene rings is 1. The first-order chi connectivity index (χ1) is 8.54. The molecule has 1 aliphatic heterocycles. The molecule has 0 amide bonds. The van der Waals surface area contributed by atoms with Gasteiger partial charge in [0, 0.05) is 17.8 Å². The molecule has 3 heteroatoms. The van der Waals surface area contributed by atoms with Crippen molar-refractivity contribution in [2.75, 3.05) is 10.6 Å². The lowest BCUT2D eigenvalue weighted by atomic mass is 9.95. The van der Waals surface area contributed by atoms with Crippen LogP contribution in [0, 0.1) is 0 Å². The van der Waals surface area contributed by atoms with E-state index in [0.717, 1.165) is 17.1 Å². The molecule has 2 nitrogen and oxygen atoms in total. The average molecular weight is 267 g/mol. The number of hydrogen-bond acceptors (Lipinski definition) is 2. The van der Waals surface area contributed by atoms with Gasteiger partial charge in [-0.1, -0.05) is 18.5 Å². The molecule has 0 spiro atoms. The maximum Gasteiger partial charge on any atom is 0.0663 e. The van der Waals surface area contributed by atoms with Gasteiger partial charge < -0.3 is 10.6 Å². The number of anilines is 2. The molecule has 0 unspecified atom stereocenters. The SMILES string of the molecule is CCc1cc(N)cc(Cl)c1N1[C@H](C)CCC[C@H]1C. The Morgan fingerprint density at radius 2 is 1.89 bits per heavy atom. The number of halogens is 1. The zero-order valence-corrected chi connectivity index (χ0v) is 12.3. The standard InChI is InChI=1S/C15H23ClN2/c1-4-12-8-13(17)9-14(16)15(12)18-10(2)6-5-7-11(18)3/h8-11H,4-7,17H2,1-3H3/t10-,11-/m1/s1.